The standard InChI is InChI=1S/C17H18FN3O4S.ClH/c1-12-5-6-15(10-16(12)21(22)23)26(24,25)20-8-7-19-11-17(20)13-3-2-4-14(18)9-13;/h2-6,9-10,17,19H,7-8,11H2,1H3;1H. The molecule has 1 aliphatic heterocycles. The maximum absolute atomic E-state index is 13.6. The number of hydrogen-bond acceptors (Lipinski definition) is 5. The van der Waals surface area contributed by atoms with Gasteiger partial charge in [0.1, 0.15) is 5.82 Å². The molecule has 1 atom stereocenters. The van der Waals surface area contributed by atoms with E-state index in [2.05, 4.69) is 5.32 Å². The van der Waals surface area contributed by atoms with E-state index >= 15 is 0 Å². The Balaban J connectivity index is 0.00000261. The van der Waals surface area contributed by atoms with Gasteiger partial charge >= 0.3 is 0 Å². The fraction of sp³-hybridized carbons (Fsp3) is 0.294. The molecule has 0 aromatic heterocycles. The van der Waals surface area contributed by atoms with Crippen molar-refractivity contribution >= 4 is 28.1 Å². The Morgan fingerprint density at radius 1 is 1.26 bits per heavy atom. The molecule has 0 spiro atoms. The second-order valence-corrected chi connectivity index (χ2v) is 7.99. The van der Waals surface area contributed by atoms with Crippen LogP contribution in [0.4, 0.5) is 10.1 Å². The molecule has 0 saturated carbocycles. The minimum absolute atomic E-state index is 0. The lowest BCUT2D eigenvalue weighted by atomic mass is 10.1. The van der Waals surface area contributed by atoms with Gasteiger partial charge in [-0.1, -0.05) is 18.2 Å². The summed E-state index contributed by atoms with van der Waals surface area (Å²) in [5, 5.41) is 14.3. The van der Waals surface area contributed by atoms with E-state index in [0.717, 1.165) is 6.07 Å². The molecule has 1 fully saturated rings. The van der Waals surface area contributed by atoms with Crippen LogP contribution in [0.15, 0.2) is 47.4 Å². The second kappa shape index (κ2) is 8.30. The SMILES string of the molecule is Cc1ccc(S(=O)(=O)N2CCNCC2c2cccc(F)c2)cc1[N+](=O)[O-].Cl. The van der Waals surface area contributed by atoms with Crippen LogP contribution in [0.1, 0.15) is 17.2 Å². The molecule has 3 rings (SSSR count). The van der Waals surface area contributed by atoms with Gasteiger partial charge in [0.15, 0.2) is 0 Å². The molecule has 1 N–H and O–H groups in total. The van der Waals surface area contributed by atoms with Crippen LogP contribution in [0.2, 0.25) is 0 Å². The van der Waals surface area contributed by atoms with Crippen molar-refractivity contribution in [1.29, 1.82) is 0 Å². The summed E-state index contributed by atoms with van der Waals surface area (Å²) in [6.45, 7) is 2.51. The first-order valence-electron chi connectivity index (χ1n) is 8.04. The van der Waals surface area contributed by atoms with Crippen molar-refractivity contribution in [2.75, 3.05) is 19.6 Å². The number of rotatable bonds is 4. The van der Waals surface area contributed by atoms with Crippen LogP contribution >= 0.6 is 12.4 Å². The highest BCUT2D eigenvalue weighted by Gasteiger charge is 2.35. The van der Waals surface area contributed by atoms with Crippen LogP contribution in [0.5, 0.6) is 0 Å². The van der Waals surface area contributed by atoms with E-state index in [-0.39, 0.29) is 29.5 Å². The molecule has 1 unspecified atom stereocenters. The average molecular weight is 416 g/mol. The fourth-order valence-corrected chi connectivity index (χ4v) is 4.69. The third kappa shape index (κ3) is 4.27. The van der Waals surface area contributed by atoms with Crippen molar-refractivity contribution < 1.29 is 17.7 Å². The maximum Gasteiger partial charge on any atom is 0.273 e. The van der Waals surface area contributed by atoms with E-state index < -0.39 is 26.8 Å². The van der Waals surface area contributed by atoms with Gasteiger partial charge in [-0.3, -0.25) is 10.1 Å². The van der Waals surface area contributed by atoms with Crippen molar-refractivity contribution in [3.05, 3.63) is 69.5 Å². The van der Waals surface area contributed by atoms with Crippen molar-refractivity contribution in [3.63, 3.8) is 0 Å². The highest BCUT2D eigenvalue weighted by Crippen LogP contribution is 2.31. The zero-order chi connectivity index (χ0) is 18.9. The van der Waals surface area contributed by atoms with Crippen molar-refractivity contribution in [1.82, 2.24) is 9.62 Å². The summed E-state index contributed by atoms with van der Waals surface area (Å²) >= 11 is 0. The van der Waals surface area contributed by atoms with E-state index in [9.17, 15) is 22.9 Å². The normalized spacial score (nSPS) is 17.9. The van der Waals surface area contributed by atoms with Crippen molar-refractivity contribution in [2.45, 2.75) is 17.9 Å². The lowest BCUT2D eigenvalue weighted by molar-refractivity contribution is -0.385. The molecule has 2 aromatic carbocycles. The summed E-state index contributed by atoms with van der Waals surface area (Å²) in [5.74, 6) is -0.448. The minimum atomic E-state index is -3.98. The van der Waals surface area contributed by atoms with Gasteiger partial charge in [0.05, 0.1) is 15.9 Å². The highest BCUT2D eigenvalue weighted by molar-refractivity contribution is 7.89. The van der Waals surface area contributed by atoms with Crippen LogP contribution in [-0.2, 0) is 10.0 Å². The van der Waals surface area contributed by atoms with E-state index in [1.54, 1.807) is 13.0 Å². The smallest absolute Gasteiger partial charge is 0.273 e. The predicted molar refractivity (Wildman–Crippen MR) is 101 cm³/mol. The Morgan fingerprint density at radius 3 is 2.67 bits per heavy atom. The van der Waals surface area contributed by atoms with Gasteiger partial charge in [-0.05, 0) is 30.7 Å². The molecular formula is C17H19ClFN3O4S. The number of aryl methyl sites for hydroxylation is 1. The maximum atomic E-state index is 13.6. The number of piperazine rings is 1. The van der Waals surface area contributed by atoms with Crippen LogP contribution in [0.3, 0.4) is 0 Å². The minimum Gasteiger partial charge on any atom is -0.313 e. The highest BCUT2D eigenvalue weighted by atomic mass is 35.5. The number of sulfonamides is 1. The third-order valence-corrected chi connectivity index (χ3v) is 6.32. The quantitative estimate of drug-likeness (QED) is 0.612. The number of halogens is 2. The molecule has 0 aliphatic carbocycles. The van der Waals surface area contributed by atoms with E-state index in [4.69, 9.17) is 0 Å². The summed E-state index contributed by atoms with van der Waals surface area (Å²) in [7, 11) is -3.98. The number of nitrogens with zero attached hydrogens (tertiary/aromatic N) is 2. The summed E-state index contributed by atoms with van der Waals surface area (Å²) < 4.78 is 41.1. The number of hydrogen-bond donors (Lipinski definition) is 1. The van der Waals surface area contributed by atoms with Gasteiger partial charge in [0.2, 0.25) is 10.0 Å². The van der Waals surface area contributed by atoms with E-state index in [1.165, 1.54) is 34.6 Å². The molecule has 1 aliphatic rings. The van der Waals surface area contributed by atoms with Gasteiger partial charge in [-0.2, -0.15) is 4.31 Å². The first kappa shape index (κ1) is 21.2. The van der Waals surface area contributed by atoms with Gasteiger partial charge in [-0.25, -0.2) is 12.8 Å². The van der Waals surface area contributed by atoms with Crippen LogP contribution in [-0.4, -0.2) is 37.3 Å². The Labute approximate surface area is 162 Å². The van der Waals surface area contributed by atoms with Crippen LogP contribution in [0.25, 0.3) is 0 Å². The Kier molecular flexibility index (Phi) is 6.53. The van der Waals surface area contributed by atoms with Crippen molar-refractivity contribution in [3.8, 4) is 0 Å². The van der Waals surface area contributed by atoms with Gasteiger partial charge in [0, 0.05) is 31.3 Å². The number of nitrogens with one attached hydrogen (secondary N) is 1. The fourth-order valence-electron chi connectivity index (χ4n) is 3.05. The second-order valence-electron chi connectivity index (χ2n) is 6.10. The summed E-state index contributed by atoms with van der Waals surface area (Å²) in [6, 6.07) is 9.06. The molecule has 146 valence electrons. The summed E-state index contributed by atoms with van der Waals surface area (Å²) in [5.41, 5.74) is 0.668. The number of nitro groups is 1. The van der Waals surface area contributed by atoms with Gasteiger partial charge in [-0.15, -0.1) is 12.4 Å². The molecule has 1 saturated heterocycles. The Morgan fingerprint density at radius 2 is 2.00 bits per heavy atom. The molecule has 0 bridgehead atoms. The first-order chi connectivity index (χ1) is 12.3. The molecule has 7 nitrogen and oxygen atoms in total. The average Bonchev–Trinajstić information content (AvgIpc) is 2.61. The molecule has 27 heavy (non-hydrogen) atoms. The van der Waals surface area contributed by atoms with E-state index in [1.807, 2.05) is 0 Å². The zero-order valence-electron chi connectivity index (χ0n) is 14.5. The molecule has 1 heterocycles. The molecular weight excluding hydrogens is 397 g/mol. The van der Waals surface area contributed by atoms with Gasteiger partial charge < -0.3 is 5.32 Å². The monoisotopic (exact) mass is 415 g/mol. The Hall–Kier alpha value is -2.07. The van der Waals surface area contributed by atoms with Crippen molar-refractivity contribution in [2.24, 2.45) is 0 Å². The topological polar surface area (TPSA) is 92.6 Å². The van der Waals surface area contributed by atoms with Gasteiger partial charge in [0.25, 0.3) is 5.69 Å². The summed E-state index contributed by atoms with van der Waals surface area (Å²) in [4.78, 5) is 10.4. The predicted octanol–water partition coefficient (Wildman–Crippen LogP) is 2.80. The van der Waals surface area contributed by atoms with Crippen LogP contribution in [0, 0.1) is 22.9 Å². The van der Waals surface area contributed by atoms with Crippen LogP contribution < -0.4 is 5.32 Å². The zero-order valence-corrected chi connectivity index (χ0v) is 16.1. The third-order valence-electron chi connectivity index (χ3n) is 4.41. The molecule has 0 radical (unpaired) electrons. The Bertz CT molecular complexity index is 955. The first-order valence-corrected chi connectivity index (χ1v) is 9.48. The van der Waals surface area contributed by atoms with E-state index in [0.29, 0.717) is 24.2 Å². The molecule has 0 amide bonds. The largest absolute Gasteiger partial charge is 0.313 e. The molecule has 2 aromatic rings. The number of nitro benzene ring substituents is 1. The number of benzene rings is 2. The lowest BCUT2D eigenvalue weighted by Crippen LogP contribution is -2.48. The molecule has 10 heteroatoms. The lowest BCUT2D eigenvalue weighted by Gasteiger charge is -2.35. The summed E-state index contributed by atoms with van der Waals surface area (Å²) in [6.07, 6.45) is 0.